The number of ether oxygens (including phenoxy) is 3. The van der Waals surface area contributed by atoms with Gasteiger partial charge in [0, 0.05) is 35.2 Å². The monoisotopic (exact) mass is 567 g/mol. The van der Waals surface area contributed by atoms with E-state index < -0.39 is 29.0 Å². The normalized spacial score (nSPS) is 23.9. The van der Waals surface area contributed by atoms with Crippen LogP contribution < -0.4 is 19.5 Å². The molecule has 1 N–H and O–H groups in total. The molecular weight excluding hydrogens is 545 g/mol. The van der Waals surface area contributed by atoms with Gasteiger partial charge in [0.25, 0.3) is 0 Å². The van der Waals surface area contributed by atoms with E-state index in [-0.39, 0.29) is 52.2 Å². The van der Waals surface area contributed by atoms with Gasteiger partial charge in [0.1, 0.15) is 33.6 Å². The Morgan fingerprint density at radius 3 is 2.44 bits per heavy atom. The Morgan fingerprint density at radius 2 is 1.72 bits per heavy atom. The molecule has 1 spiro atoms. The Kier molecular flexibility index (Phi) is 6.00. The van der Waals surface area contributed by atoms with Crippen LogP contribution in [-0.2, 0) is 9.59 Å². The molecule has 10 heteroatoms. The molecule has 0 radical (unpaired) electrons. The first-order valence-corrected chi connectivity index (χ1v) is 13.1. The van der Waals surface area contributed by atoms with Crippen molar-refractivity contribution in [3.8, 4) is 28.6 Å². The number of Topliss-reactive ketones (excluding diaryl/α,β-unsaturated/α-hetero) is 2. The molecule has 0 bridgehead atoms. The minimum Gasteiger partial charge on any atom is -0.496 e. The van der Waals surface area contributed by atoms with Crippen LogP contribution in [0, 0.1) is 5.92 Å². The number of rotatable bonds is 4. The van der Waals surface area contributed by atoms with Crippen LogP contribution in [0.25, 0.3) is 11.3 Å². The first kappa shape index (κ1) is 25.5. The highest BCUT2D eigenvalue weighted by molar-refractivity contribution is 6.36. The minimum absolute atomic E-state index is 0.0381. The van der Waals surface area contributed by atoms with Crippen LogP contribution >= 0.6 is 23.2 Å². The lowest BCUT2D eigenvalue weighted by molar-refractivity contribution is -0.131. The van der Waals surface area contributed by atoms with Crippen molar-refractivity contribution >= 4 is 40.7 Å². The summed E-state index contributed by atoms with van der Waals surface area (Å²) in [5, 5.41) is 3.42. The van der Waals surface area contributed by atoms with Crippen LogP contribution in [0.2, 0.25) is 10.0 Å². The summed E-state index contributed by atoms with van der Waals surface area (Å²) in [7, 11) is 2.84. The number of carbonyl (C=O) groups excluding carboxylic acids is 3. The van der Waals surface area contributed by atoms with Gasteiger partial charge in [-0.1, -0.05) is 42.3 Å². The van der Waals surface area contributed by atoms with Crippen molar-refractivity contribution in [2.24, 2.45) is 5.92 Å². The number of hydrogen-bond acceptors (Lipinski definition) is 7. The fraction of sp³-hybridized carbons (Fsp3) is 0.276. The van der Waals surface area contributed by atoms with Crippen LogP contribution in [0.3, 0.4) is 0 Å². The summed E-state index contributed by atoms with van der Waals surface area (Å²) in [6, 6.07) is 12.2. The van der Waals surface area contributed by atoms with Crippen LogP contribution in [0.5, 0.6) is 17.2 Å². The van der Waals surface area contributed by atoms with Gasteiger partial charge in [-0.25, -0.2) is 0 Å². The van der Waals surface area contributed by atoms with E-state index in [2.05, 4.69) is 5.32 Å². The fourth-order valence-electron chi connectivity index (χ4n) is 5.78. The zero-order valence-electron chi connectivity index (χ0n) is 21.2. The third-order valence-electron chi connectivity index (χ3n) is 7.67. The molecule has 1 aliphatic carbocycles. The zero-order valence-corrected chi connectivity index (χ0v) is 22.7. The Morgan fingerprint density at radius 1 is 0.974 bits per heavy atom. The number of hydrogen-bond donors (Lipinski definition) is 1. The van der Waals surface area contributed by atoms with Crippen molar-refractivity contribution in [1.82, 2.24) is 5.32 Å². The Balaban J connectivity index is 1.46. The summed E-state index contributed by atoms with van der Waals surface area (Å²) < 4.78 is 23.2. The van der Waals surface area contributed by atoms with Gasteiger partial charge in [-0.15, -0.1) is 0 Å². The average Bonchev–Trinajstić information content (AvgIpc) is 3.52. The largest absolute Gasteiger partial charge is 0.496 e. The van der Waals surface area contributed by atoms with Gasteiger partial charge in [0.15, 0.2) is 5.75 Å². The van der Waals surface area contributed by atoms with Crippen molar-refractivity contribution in [3.63, 3.8) is 0 Å². The van der Waals surface area contributed by atoms with E-state index in [0.717, 1.165) is 0 Å². The summed E-state index contributed by atoms with van der Waals surface area (Å²) in [5.41, 5.74) is -0.388. The Hall–Kier alpha value is -3.75. The number of amides is 1. The number of fused-ring (bicyclic) bond motifs is 1. The summed E-state index contributed by atoms with van der Waals surface area (Å²) in [6.07, 6.45) is 0.182. The topological polar surface area (TPSA) is 104 Å². The van der Waals surface area contributed by atoms with E-state index >= 15 is 0 Å². The molecular formula is C29H23Cl2NO7. The lowest BCUT2D eigenvalue weighted by Gasteiger charge is -2.41. The minimum atomic E-state index is -1.89. The molecule has 3 atom stereocenters. The molecule has 0 unspecified atom stereocenters. The molecule has 3 aliphatic rings. The summed E-state index contributed by atoms with van der Waals surface area (Å²) in [4.78, 5) is 41.2. The molecule has 3 heterocycles. The summed E-state index contributed by atoms with van der Waals surface area (Å²) in [6.45, 7) is 1.74. The standard InChI is InChI=1S/C29H23Cl2NO7/c1-13-10-17-23(15(11-22(33)32-17)19-9-8-18(38-19)14-6-4-5-7-16(14)30)27(34)29(13)28(35)24-20(36-2)12-21(37-3)25(31)26(24)39-29/h4-9,12-13,15H,10-11H2,1-3H3,(H,32,33)/t13-,15+,29+/m1/s1. The average molecular weight is 568 g/mol. The van der Waals surface area contributed by atoms with Crippen molar-refractivity contribution < 1.29 is 33.0 Å². The number of allylic oxidation sites excluding steroid dienone is 1. The molecule has 2 aromatic carbocycles. The van der Waals surface area contributed by atoms with Gasteiger partial charge < -0.3 is 23.9 Å². The van der Waals surface area contributed by atoms with E-state index in [1.54, 1.807) is 25.1 Å². The number of methoxy groups -OCH3 is 2. The highest BCUT2D eigenvalue weighted by atomic mass is 35.5. The van der Waals surface area contributed by atoms with Gasteiger partial charge in [-0.3, -0.25) is 14.4 Å². The lowest BCUT2D eigenvalue weighted by atomic mass is 9.67. The summed E-state index contributed by atoms with van der Waals surface area (Å²) in [5.74, 6) is -1.30. The molecule has 8 nitrogen and oxygen atoms in total. The molecule has 0 saturated heterocycles. The number of halogens is 2. The highest BCUT2D eigenvalue weighted by Gasteiger charge is 2.63. The fourth-order valence-corrected chi connectivity index (χ4v) is 6.27. The number of benzene rings is 2. The number of carbonyl (C=O) groups is 3. The van der Waals surface area contributed by atoms with Crippen molar-refractivity contribution in [3.05, 3.63) is 75.1 Å². The smallest absolute Gasteiger partial charge is 0.236 e. The van der Waals surface area contributed by atoms with E-state index in [0.29, 0.717) is 27.8 Å². The Labute approximate surface area is 233 Å². The predicted molar refractivity (Wildman–Crippen MR) is 143 cm³/mol. The number of ketones is 2. The maximum atomic E-state index is 14.4. The molecule has 39 heavy (non-hydrogen) atoms. The molecule has 200 valence electrons. The maximum Gasteiger partial charge on any atom is 0.236 e. The third-order valence-corrected chi connectivity index (χ3v) is 8.36. The predicted octanol–water partition coefficient (Wildman–Crippen LogP) is 5.75. The van der Waals surface area contributed by atoms with Crippen LogP contribution in [0.1, 0.15) is 41.8 Å². The second-order valence-corrected chi connectivity index (χ2v) is 10.6. The third kappa shape index (κ3) is 3.62. The van der Waals surface area contributed by atoms with Crippen LogP contribution in [0.15, 0.2) is 58.2 Å². The van der Waals surface area contributed by atoms with Crippen molar-refractivity contribution in [2.75, 3.05) is 14.2 Å². The highest BCUT2D eigenvalue weighted by Crippen LogP contribution is 2.55. The quantitative estimate of drug-likeness (QED) is 0.400. The van der Waals surface area contributed by atoms with Gasteiger partial charge >= 0.3 is 0 Å². The molecule has 1 amide bonds. The lowest BCUT2D eigenvalue weighted by Crippen LogP contribution is -2.59. The summed E-state index contributed by atoms with van der Waals surface area (Å²) >= 11 is 12.9. The molecule has 0 fully saturated rings. The van der Waals surface area contributed by atoms with Crippen LogP contribution in [0.4, 0.5) is 0 Å². The molecule has 2 aliphatic heterocycles. The van der Waals surface area contributed by atoms with Crippen molar-refractivity contribution in [1.29, 1.82) is 0 Å². The second-order valence-electron chi connectivity index (χ2n) is 9.78. The van der Waals surface area contributed by atoms with E-state index in [1.165, 1.54) is 20.3 Å². The SMILES string of the molecule is COc1cc(OC)c2c(c1Cl)O[C@@]1(C(=O)C3=C(C[C@H]1C)NC(=O)C[C@H]3c1ccc(-c3ccccc3Cl)o1)C2=O. The molecule has 3 aromatic rings. The molecule has 6 rings (SSSR count). The first-order valence-electron chi connectivity index (χ1n) is 12.3. The first-order chi connectivity index (χ1) is 18.7. The second kappa shape index (κ2) is 9.17. The number of nitrogens with one attached hydrogen (secondary N) is 1. The Bertz CT molecular complexity index is 1610. The van der Waals surface area contributed by atoms with E-state index in [4.69, 9.17) is 41.8 Å². The maximum absolute atomic E-state index is 14.4. The van der Waals surface area contributed by atoms with Gasteiger partial charge in [0.05, 0.1) is 25.2 Å². The van der Waals surface area contributed by atoms with Gasteiger partial charge in [-0.2, -0.15) is 0 Å². The zero-order chi connectivity index (χ0) is 27.6. The molecule has 0 saturated carbocycles. The number of furan rings is 1. The van der Waals surface area contributed by atoms with Crippen LogP contribution in [-0.4, -0.2) is 37.3 Å². The van der Waals surface area contributed by atoms with E-state index in [9.17, 15) is 14.4 Å². The van der Waals surface area contributed by atoms with Crippen molar-refractivity contribution in [2.45, 2.75) is 31.3 Å². The van der Waals surface area contributed by atoms with E-state index in [1.807, 2.05) is 18.2 Å². The van der Waals surface area contributed by atoms with Gasteiger partial charge in [0.2, 0.25) is 23.1 Å². The molecule has 1 aromatic heterocycles. The van der Waals surface area contributed by atoms with Gasteiger partial charge in [-0.05, 0) is 30.7 Å².